The van der Waals surface area contributed by atoms with Crippen molar-refractivity contribution in [3.8, 4) is 5.75 Å². The highest BCUT2D eigenvalue weighted by Gasteiger charge is 2.32. The molecule has 0 heterocycles. The van der Waals surface area contributed by atoms with E-state index in [1.165, 1.54) is 5.56 Å². The van der Waals surface area contributed by atoms with Crippen LogP contribution >= 0.6 is 0 Å². The van der Waals surface area contributed by atoms with Crippen molar-refractivity contribution in [1.82, 2.24) is 0 Å². The van der Waals surface area contributed by atoms with Gasteiger partial charge >= 0.3 is 5.97 Å². The van der Waals surface area contributed by atoms with E-state index in [4.69, 9.17) is 5.11 Å². The lowest BCUT2D eigenvalue weighted by Gasteiger charge is -2.16. The normalized spacial score (nSPS) is 23.1. The van der Waals surface area contributed by atoms with E-state index in [1.807, 2.05) is 6.07 Å². The van der Waals surface area contributed by atoms with E-state index >= 15 is 0 Å². The monoisotopic (exact) mass is 220 g/mol. The molecule has 1 aliphatic rings. The summed E-state index contributed by atoms with van der Waals surface area (Å²) in [6.07, 6.45) is 2.08. The molecule has 1 aromatic rings. The van der Waals surface area contributed by atoms with Gasteiger partial charge in [0.25, 0.3) is 0 Å². The van der Waals surface area contributed by atoms with Gasteiger partial charge in [-0.15, -0.1) is 0 Å². The van der Waals surface area contributed by atoms with Crippen molar-refractivity contribution in [2.45, 2.75) is 32.1 Å². The van der Waals surface area contributed by atoms with E-state index in [0.717, 1.165) is 18.4 Å². The number of carboxylic acid groups (broad SMARTS) is 1. The van der Waals surface area contributed by atoms with Crippen LogP contribution in [0.1, 0.15) is 36.8 Å². The van der Waals surface area contributed by atoms with Gasteiger partial charge in [-0.3, -0.25) is 4.79 Å². The van der Waals surface area contributed by atoms with Crippen LogP contribution in [0, 0.1) is 5.92 Å². The maximum atomic E-state index is 10.8. The average Bonchev–Trinajstić information content (AvgIpc) is 2.56. The zero-order valence-electron chi connectivity index (χ0n) is 9.31. The summed E-state index contributed by atoms with van der Waals surface area (Å²) in [4.78, 5) is 10.8. The van der Waals surface area contributed by atoms with Gasteiger partial charge < -0.3 is 10.2 Å². The molecular formula is C13H16O3. The van der Waals surface area contributed by atoms with E-state index < -0.39 is 5.97 Å². The fourth-order valence-corrected chi connectivity index (χ4v) is 2.69. The molecule has 0 aliphatic heterocycles. The first-order valence-corrected chi connectivity index (χ1v) is 5.65. The summed E-state index contributed by atoms with van der Waals surface area (Å²) in [6.45, 7) is 2.09. The summed E-state index contributed by atoms with van der Waals surface area (Å²) in [6, 6.07) is 5.31. The third kappa shape index (κ3) is 1.90. The Morgan fingerprint density at radius 2 is 2.25 bits per heavy atom. The number of aliphatic carboxylic acids is 1. The minimum atomic E-state index is -0.764. The number of fused-ring (bicyclic) bond motifs is 1. The van der Waals surface area contributed by atoms with Crippen molar-refractivity contribution in [3.63, 3.8) is 0 Å². The summed E-state index contributed by atoms with van der Waals surface area (Å²) in [5, 5.41) is 18.4. The van der Waals surface area contributed by atoms with Crippen molar-refractivity contribution < 1.29 is 15.0 Å². The molecule has 0 saturated carbocycles. The molecule has 16 heavy (non-hydrogen) atoms. The molecule has 2 unspecified atom stereocenters. The first-order valence-electron chi connectivity index (χ1n) is 5.65. The van der Waals surface area contributed by atoms with Crippen LogP contribution in [0.5, 0.6) is 5.75 Å². The van der Waals surface area contributed by atoms with Crippen molar-refractivity contribution in [2.24, 2.45) is 5.92 Å². The van der Waals surface area contributed by atoms with Crippen LogP contribution in [0.2, 0.25) is 0 Å². The molecule has 0 radical (unpaired) electrons. The number of carbonyl (C=O) groups is 1. The summed E-state index contributed by atoms with van der Waals surface area (Å²) < 4.78 is 0. The Kier molecular flexibility index (Phi) is 2.86. The van der Waals surface area contributed by atoms with E-state index in [9.17, 15) is 9.90 Å². The van der Waals surface area contributed by atoms with Gasteiger partial charge in [0.05, 0.1) is 6.42 Å². The number of phenolic OH excluding ortho intramolecular Hbond substituents is 1. The van der Waals surface area contributed by atoms with Crippen LogP contribution in [0.15, 0.2) is 18.2 Å². The van der Waals surface area contributed by atoms with Crippen LogP contribution in [-0.4, -0.2) is 16.2 Å². The number of hydrogen-bond acceptors (Lipinski definition) is 2. The van der Waals surface area contributed by atoms with Gasteiger partial charge in [-0.25, -0.2) is 0 Å². The van der Waals surface area contributed by atoms with E-state index in [1.54, 1.807) is 12.1 Å². The second-order valence-electron chi connectivity index (χ2n) is 4.46. The van der Waals surface area contributed by atoms with E-state index in [0.29, 0.717) is 5.92 Å². The van der Waals surface area contributed by atoms with Crippen molar-refractivity contribution in [1.29, 1.82) is 0 Å². The topological polar surface area (TPSA) is 57.5 Å². The fourth-order valence-electron chi connectivity index (χ4n) is 2.69. The maximum absolute atomic E-state index is 10.8. The molecule has 0 amide bonds. The number of benzene rings is 1. The van der Waals surface area contributed by atoms with Crippen LogP contribution in [0.3, 0.4) is 0 Å². The number of phenols is 1. The molecule has 2 rings (SSSR count). The number of carboxylic acids is 1. The smallest absolute Gasteiger partial charge is 0.303 e. The standard InChI is InChI=1S/C13H16O3/c1-2-8-5-9-3-4-10(14)6-11(9)12(8)7-13(15)16/h3-4,6,8,12,14H,2,5,7H2,1H3,(H,15,16). The predicted molar refractivity (Wildman–Crippen MR) is 60.6 cm³/mol. The van der Waals surface area contributed by atoms with Crippen molar-refractivity contribution >= 4 is 5.97 Å². The second-order valence-corrected chi connectivity index (χ2v) is 4.46. The van der Waals surface area contributed by atoms with Crippen LogP contribution < -0.4 is 0 Å². The van der Waals surface area contributed by atoms with Crippen molar-refractivity contribution in [2.75, 3.05) is 0 Å². The predicted octanol–water partition coefficient (Wildman–Crippen LogP) is 2.53. The Morgan fingerprint density at radius 1 is 1.50 bits per heavy atom. The highest BCUT2D eigenvalue weighted by molar-refractivity contribution is 5.68. The SMILES string of the molecule is CCC1Cc2ccc(O)cc2C1CC(=O)O. The molecule has 0 spiro atoms. The fraction of sp³-hybridized carbons (Fsp3) is 0.462. The molecule has 2 N–H and O–H groups in total. The first-order chi connectivity index (χ1) is 7.61. The lowest BCUT2D eigenvalue weighted by Crippen LogP contribution is -2.11. The van der Waals surface area contributed by atoms with Gasteiger partial charge in [0.1, 0.15) is 5.75 Å². The molecule has 1 aromatic carbocycles. The highest BCUT2D eigenvalue weighted by Crippen LogP contribution is 2.42. The molecule has 2 atom stereocenters. The molecule has 0 aromatic heterocycles. The average molecular weight is 220 g/mol. The van der Waals surface area contributed by atoms with Gasteiger partial charge in [0.2, 0.25) is 0 Å². The Bertz CT molecular complexity index is 412. The molecule has 0 fully saturated rings. The number of aromatic hydroxyl groups is 1. The highest BCUT2D eigenvalue weighted by atomic mass is 16.4. The first kappa shape index (κ1) is 11.0. The molecule has 1 aliphatic carbocycles. The second kappa shape index (κ2) is 4.16. The zero-order chi connectivity index (χ0) is 11.7. The van der Waals surface area contributed by atoms with Crippen LogP contribution in [-0.2, 0) is 11.2 Å². The molecule has 0 saturated heterocycles. The number of hydrogen-bond donors (Lipinski definition) is 2. The molecular weight excluding hydrogens is 204 g/mol. The quantitative estimate of drug-likeness (QED) is 0.823. The van der Waals surface area contributed by atoms with E-state index in [2.05, 4.69) is 6.92 Å². The Morgan fingerprint density at radius 3 is 2.88 bits per heavy atom. The van der Waals surface area contributed by atoms with E-state index in [-0.39, 0.29) is 18.1 Å². The van der Waals surface area contributed by atoms with Gasteiger partial charge in [0.15, 0.2) is 0 Å². The van der Waals surface area contributed by atoms with Crippen LogP contribution in [0.25, 0.3) is 0 Å². The molecule has 86 valence electrons. The summed E-state index contributed by atoms with van der Waals surface area (Å²) in [5.41, 5.74) is 2.21. The Hall–Kier alpha value is -1.51. The Balaban J connectivity index is 2.34. The lowest BCUT2D eigenvalue weighted by molar-refractivity contribution is -0.137. The third-order valence-corrected chi connectivity index (χ3v) is 3.50. The molecule has 3 nitrogen and oxygen atoms in total. The van der Waals surface area contributed by atoms with Crippen molar-refractivity contribution in [3.05, 3.63) is 29.3 Å². The zero-order valence-corrected chi connectivity index (χ0v) is 9.31. The minimum Gasteiger partial charge on any atom is -0.508 e. The van der Waals surface area contributed by atoms with Gasteiger partial charge in [-0.05, 0) is 41.5 Å². The number of rotatable bonds is 3. The summed E-state index contributed by atoms with van der Waals surface area (Å²) in [5.74, 6) is -0.0805. The largest absolute Gasteiger partial charge is 0.508 e. The lowest BCUT2D eigenvalue weighted by atomic mass is 9.88. The summed E-state index contributed by atoms with van der Waals surface area (Å²) in [7, 11) is 0. The Labute approximate surface area is 94.7 Å². The van der Waals surface area contributed by atoms with Crippen LogP contribution in [0.4, 0.5) is 0 Å². The minimum absolute atomic E-state index is 0.0598. The van der Waals surface area contributed by atoms with Gasteiger partial charge in [-0.1, -0.05) is 19.4 Å². The van der Waals surface area contributed by atoms with Gasteiger partial charge in [-0.2, -0.15) is 0 Å². The summed E-state index contributed by atoms with van der Waals surface area (Å²) >= 11 is 0. The third-order valence-electron chi connectivity index (χ3n) is 3.50. The molecule has 3 heteroatoms. The maximum Gasteiger partial charge on any atom is 0.303 e. The molecule has 0 bridgehead atoms. The van der Waals surface area contributed by atoms with Gasteiger partial charge in [0, 0.05) is 0 Å².